The van der Waals surface area contributed by atoms with E-state index in [1.54, 1.807) is 18.2 Å². The maximum atomic E-state index is 13.6. The molecule has 0 spiro atoms. The minimum Gasteiger partial charge on any atom is -0.340 e. The minimum atomic E-state index is -0.328. The first-order valence-corrected chi connectivity index (χ1v) is 9.05. The van der Waals surface area contributed by atoms with Crippen LogP contribution in [-0.4, -0.2) is 31.7 Å². The van der Waals surface area contributed by atoms with Gasteiger partial charge in [-0.05, 0) is 43.2 Å². The van der Waals surface area contributed by atoms with Gasteiger partial charge in [-0.1, -0.05) is 12.1 Å². The van der Waals surface area contributed by atoms with Crippen molar-refractivity contribution in [3.05, 3.63) is 66.1 Å². The minimum absolute atomic E-state index is 0.0555. The monoisotopic (exact) mass is 378 g/mol. The number of aromatic amines is 1. The van der Waals surface area contributed by atoms with E-state index in [1.807, 2.05) is 4.90 Å². The summed E-state index contributed by atoms with van der Waals surface area (Å²) < 4.78 is 27.0. The predicted molar refractivity (Wildman–Crippen MR) is 101 cm³/mol. The highest BCUT2D eigenvalue weighted by Crippen LogP contribution is 2.34. The quantitative estimate of drug-likeness (QED) is 0.583. The van der Waals surface area contributed by atoms with Crippen LogP contribution in [0.4, 0.5) is 14.7 Å². The first kappa shape index (κ1) is 16.7. The van der Waals surface area contributed by atoms with Gasteiger partial charge in [-0.15, -0.1) is 5.10 Å². The Balaban J connectivity index is 1.50. The number of rotatable bonds is 3. The van der Waals surface area contributed by atoms with Crippen LogP contribution < -0.4 is 4.90 Å². The van der Waals surface area contributed by atoms with Crippen molar-refractivity contribution in [3.8, 4) is 11.3 Å². The lowest BCUT2D eigenvalue weighted by atomic mass is 10.1. The fourth-order valence-electron chi connectivity index (χ4n) is 3.65. The smallest absolute Gasteiger partial charge is 0.246 e. The number of nitrogens with zero attached hydrogens (tertiary/aromatic N) is 5. The van der Waals surface area contributed by atoms with Gasteiger partial charge in [0.2, 0.25) is 5.95 Å². The fraction of sp³-hybridized carbons (Fsp3) is 0.200. The van der Waals surface area contributed by atoms with Crippen molar-refractivity contribution in [1.29, 1.82) is 0 Å². The molecule has 2 aromatic carbocycles. The third-order valence-electron chi connectivity index (χ3n) is 4.96. The third-order valence-corrected chi connectivity index (χ3v) is 4.96. The topological polar surface area (TPSA) is 70.6 Å². The highest BCUT2D eigenvalue weighted by molar-refractivity contribution is 5.75. The maximum absolute atomic E-state index is 13.6. The largest absolute Gasteiger partial charge is 0.340 e. The first-order valence-electron chi connectivity index (χ1n) is 9.05. The highest BCUT2D eigenvalue weighted by atomic mass is 19.1. The molecule has 6 nitrogen and oxygen atoms in total. The van der Waals surface area contributed by atoms with Crippen molar-refractivity contribution in [2.75, 3.05) is 11.4 Å². The van der Waals surface area contributed by atoms with Crippen LogP contribution in [0.5, 0.6) is 0 Å². The molecule has 0 bridgehead atoms. The van der Waals surface area contributed by atoms with Crippen LogP contribution in [0, 0.1) is 11.6 Å². The Morgan fingerprint density at radius 1 is 1.04 bits per heavy atom. The van der Waals surface area contributed by atoms with Crippen LogP contribution in [0.1, 0.15) is 24.7 Å². The molecule has 1 atom stereocenters. The van der Waals surface area contributed by atoms with Gasteiger partial charge in [0.1, 0.15) is 17.5 Å². The summed E-state index contributed by atoms with van der Waals surface area (Å²) in [6, 6.07) is 10.7. The molecule has 1 N–H and O–H groups in total. The van der Waals surface area contributed by atoms with Crippen molar-refractivity contribution >= 4 is 17.0 Å². The van der Waals surface area contributed by atoms with Gasteiger partial charge in [-0.3, -0.25) is 0 Å². The van der Waals surface area contributed by atoms with E-state index in [0.717, 1.165) is 30.7 Å². The average molecular weight is 378 g/mol. The van der Waals surface area contributed by atoms with Crippen LogP contribution >= 0.6 is 0 Å². The Hall–Kier alpha value is -3.42. The number of fused-ring (bicyclic) bond motifs is 1. The second-order valence-corrected chi connectivity index (χ2v) is 6.79. The molecule has 0 saturated carbocycles. The molecule has 0 unspecified atom stereocenters. The second kappa shape index (κ2) is 6.63. The number of hydrogen-bond donors (Lipinski definition) is 1. The number of aromatic nitrogens is 5. The molecule has 5 rings (SSSR count). The van der Waals surface area contributed by atoms with Crippen molar-refractivity contribution < 1.29 is 8.78 Å². The molecule has 3 heterocycles. The van der Waals surface area contributed by atoms with Gasteiger partial charge in [0.25, 0.3) is 0 Å². The molecule has 28 heavy (non-hydrogen) atoms. The van der Waals surface area contributed by atoms with Crippen LogP contribution in [0.3, 0.4) is 0 Å². The lowest BCUT2D eigenvalue weighted by Gasteiger charge is -2.22. The zero-order valence-corrected chi connectivity index (χ0v) is 14.8. The summed E-state index contributed by atoms with van der Waals surface area (Å²) in [6.07, 6.45) is 3.34. The molecule has 8 heteroatoms. The summed E-state index contributed by atoms with van der Waals surface area (Å²) in [5.74, 6) is 0.585. The zero-order chi connectivity index (χ0) is 19.1. The SMILES string of the molecule is Fc1cccc(-c2cnnc(N3CCC[C@@H]3c3nc4ccc(F)cc4[nH]3)n2)c1. The van der Waals surface area contributed by atoms with E-state index < -0.39 is 0 Å². The van der Waals surface area contributed by atoms with E-state index in [0.29, 0.717) is 22.7 Å². The lowest BCUT2D eigenvalue weighted by Crippen LogP contribution is -2.26. The summed E-state index contributed by atoms with van der Waals surface area (Å²) in [5, 5.41) is 8.24. The van der Waals surface area contributed by atoms with E-state index in [9.17, 15) is 8.78 Å². The summed E-state index contributed by atoms with van der Waals surface area (Å²) in [6.45, 7) is 0.754. The molecule has 4 aromatic rings. The van der Waals surface area contributed by atoms with Gasteiger partial charge in [-0.2, -0.15) is 5.10 Å². The molecule has 0 radical (unpaired) electrons. The van der Waals surface area contributed by atoms with Gasteiger partial charge in [0.05, 0.1) is 29.0 Å². The van der Waals surface area contributed by atoms with E-state index in [1.165, 1.54) is 30.5 Å². The number of benzene rings is 2. The molecule has 1 aliphatic rings. The Labute approximate surface area is 159 Å². The second-order valence-electron chi connectivity index (χ2n) is 6.79. The Kier molecular flexibility index (Phi) is 3.96. The standard InChI is InChI=1S/C20H16F2N6/c21-13-4-1-3-12(9-13)17-11-23-27-20(26-17)28-8-2-5-18(28)19-24-15-7-6-14(22)10-16(15)25-19/h1,3-4,6-7,9-11,18H,2,5,8H2,(H,24,25)/t18-/m1/s1. The number of nitrogens with one attached hydrogen (secondary N) is 1. The van der Waals surface area contributed by atoms with Gasteiger partial charge in [0, 0.05) is 12.1 Å². The van der Waals surface area contributed by atoms with Gasteiger partial charge < -0.3 is 9.88 Å². The van der Waals surface area contributed by atoms with Crippen LogP contribution in [0.15, 0.2) is 48.7 Å². The fourth-order valence-corrected chi connectivity index (χ4v) is 3.65. The maximum Gasteiger partial charge on any atom is 0.246 e. The summed E-state index contributed by atoms with van der Waals surface area (Å²) in [7, 11) is 0. The van der Waals surface area contributed by atoms with E-state index >= 15 is 0 Å². The van der Waals surface area contributed by atoms with Crippen molar-refractivity contribution in [1.82, 2.24) is 25.1 Å². The molecule has 1 aliphatic heterocycles. The molecule has 140 valence electrons. The normalized spacial score (nSPS) is 16.8. The van der Waals surface area contributed by atoms with Crippen LogP contribution in [0.25, 0.3) is 22.3 Å². The van der Waals surface area contributed by atoms with Gasteiger partial charge in [-0.25, -0.2) is 18.7 Å². The highest BCUT2D eigenvalue weighted by Gasteiger charge is 2.31. The molecular weight excluding hydrogens is 362 g/mol. The molecule has 2 aromatic heterocycles. The number of anilines is 1. The van der Waals surface area contributed by atoms with Crippen molar-refractivity contribution in [2.24, 2.45) is 0 Å². The summed E-state index contributed by atoms with van der Waals surface area (Å²) >= 11 is 0. The Morgan fingerprint density at radius 2 is 1.93 bits per heavy atom. The molecule has 0 aliphatic carbocycles. The van der Waals surface area contributed by atoms with Crippen molar-refractivity contribution in [2.45, 2.75) is 18.9 Å². The van der Waals surface area contributed by atoms with E-state index in [-0.39, 0.29) is 17.7 Å². The zero-order valence-electron chi connectivity index (χ0n) is 14.8. The van der Waals surface area contributed by atoms with Crippen LogP contribution in [0.2, 0.25) is 0 Å². The Bertz CT molecular complexity index is 1160. The van der Waals surface area contributed by atoms with Crippen molar-refractivity contribution in [3.63, 3.8) is 0 Å². The van der Waals surface area contributed by atoms with E-state index in [2.05, 4.69) is 25.1 Å². The Morgan fingerprint density at radius 3 is 2.82 bits per heavy atom. The molecule has 1 fully saturated rings. The van der Waals surface area contributed by atoms with E-state index in [4.69, 9.17) is 0 Å². The molecular formula is C20H16F2N6. The summed E-state index contributed by atoms with van der Waals surface area (Å²) in [4.78, 5) is 14.5. The number of H-pyrrole nitrogens is 1. The average Bonchev–Trinajstić information content (AvgIpc) is 3.34. The third kappa shape index (κ3) is 2.96. The van der Waals surface area contributed by atoms with Gasteiger partial charge >= 0.3 is 0 Å². The first-order chi connectivity index (χ1) is 13.7. The predicted octanol–water partition coefficient (Wildman–Crippen LogP) is 4.03. The number of imidazole rings is 1. The number of hydrogen-bond acceptors (Lipinski definition) is 5. The molecule has 0 amide bonds. The summed E-state index contributed by atoms with van der Waals surface area (Å²) in [5.41, 5.74) is 2.58. The molecule has 1 saturated heterocycles. The van der Waals surface area contributed by atoms with Gasteiger partial charge in [0.15, 0.2) is 0 Å². The van der Waals surface area contributed by atoms with Crippen LogP contribution in [-0.2, 0) is 0 Å². The lowest BCUT2D eigenvalue weighted by molar-refractivity contribution is 0.628. The number of halogens is 2.